The molecule has 0 aliphatic carbocycles. The van der Waals surface area contributed by atoms with Crippen LogP contribution in [0.25, 0.3) is 33.8 Å². The van der Waals surface area contributed by atoms with Crippen LogP contribution < -0.4 is 4.74 Å². The largest absolute Gasteiger partial charge is 0.481 e. The Balaban J connectivity index is 1.51. The van der Waals surface area contributed by atoms with E-state index in [1.807, 2.05) is 55.6 Å². The highest BCUT2D eigenvalue weighted by Crippen LogP contribution is 2.29. The van der Waals surface area contributed by atoms with Crippen molar-refractivity contribution in [1.29, 1.82) is 0 Å². The highest BCUT2D eigenvalue weighted by atomic mass is 16.5. The van der Waals surface area contributed by atoms with Crippen LogP contribution in [0, 0.1) is 19.3 Å². The number of carboxylic acid groups (broad SMARTS) is 1. The fourth-order valence-electron chi connectivity index (χ4n) is 3.52. The average Bonchev–Trinajstić information content (AvgIpc) is 3.28. The van der Waals surface area contributed by atoms with Gasteiger partial charge in [-0.2, -0.15) is 0 Å². The van der Waals surface area contributed by atoms with E-state index in [1.54, 1.807) is 20.0 Å². The smallest absolute Gasteiger partial charge is 0.312 e. The van der Waals surface area contributed by atoms with Crippen LogP contribution in [0.4, 0.5) is 0 Å². The van der Waals surface area contributed by atoms with Gasteiger partial charge in [-0.25, -0.2) is 9.97 Å². The molecule has 2 aromatic carbocycles. The van der Waals surface area contributed by atoms with E-state index >= 15 is 0 Å². The molecule has 0 amide bonds. The van der Waals surface area contributed by atoms with E-state index in [1.165, 1.54) is 5.56 Å². The molecule has 4 rings (SSSR count). The number of imidazole rings is 1. The lowest BCUT2D eigenvalue weighted by molar-refractivity contribution is -0.148. The minimum Gasteiger partial charge on any atom is -0.481 e. The van der Waals surface area contributed by atoms with Gasteiger partial charge < -0.3 is 14.8 Å². The number of rotatable bonds is 7. The number of H-pyrrole nitrogens is 1. The van der Waals surface area contributed by atoms with Gasteiger partial charge in [-0.05, 0) is 44.4 Å². The zero-order valence-electron chi connectivity index (χ0n) is 19.2. The van der Waals surface area contributed by atoms with Gasteiger partial charge in [0.2, 0.25) is 5.88 Å². The summed E-state index contributed by atoms with van der Waals surface area (Å²) in [5.41, 5.74) is 6.39. The molecule has 4 aromatic rings. The monoisotopic (exact) mass is 441 g/mol. The minimum absolute atomic E-state index is 0.0520. The number of aliphatic carboxylic acids is 1. The second-order valence-corrected chi connectivity index (χ2v) is 8.85. The number of aryl methyl sites for hydroxylation is 2. The number of benzene rings is 2. The number of hydrogen-bond acceptors (Lipinski definition) is 4. The van der Waals surface area contributed by atoms with Gasteiger partial charge in [-0.1, -0.05) is 48.5 Å². The van der Waals surface area contributed by atoms with Crippen LogP contribution in [0.3, 0.4) is 0 Å². The third kappa shape index (κ3) is 4.80. The van der Waals surface area contributed by atoms with E-state index in [4.69, 9.17) is 4.74 Å². The minimum atomic E-state index is -0.977. The zero-order valence-corrected chi connectivity index (χ0v) is 19.2. The standard InChI is InChI=1S/C27H27N3O3/c1-17-7-5-6-8-21(17)23-15-29-25(30-23)20-11-9-19(10-12-20)22-14-28-24(13-18(22)2)33-16-27(3,4)26(31)32/h5-15H,16H2,1-4H3,(H,29,30)(H,31,32). The van der Waals surface area contributed by atoms with Crippen molar-refractivity contribution < 1.29 is 14.6 Å². The SMILES string of the molecule is Cc1cc(OCC(C)(C)C(=O)O)ncc1-c1ccc(-c2ncc(-c3ccccc3C)[nH]2)cc1. The van der Waals surface area contributed by atoms with E-state index in [0.29, 0.717) is 5.88 Å². The average molecular weight is 442 g/mol. The first kappa shape index (κ1) is 22.3. The summed E-state index contributed by atoms with van der Waals surface area (Å²) < 4.78 is 5.62. The third-order valence-corrected chi connectivity index (χ3v) is 5.73. The molecule has 0 aliphatic heterocycles. The van der Waals surface area contributed by atoms with Crippen molar-refractivity contribution in [3.05, 3.63) is 78.1 Å². The number of carboxylic acids is 1. The molecule has 0 fully saturated rings. The first-order valence-corrected chi connectivity index (χ1v) is 10.8. The molecular formula is C27H27N3O3. The fraction of sp³-hybridized carbons (Fsp3) is 0.222. The lowest BCUT2D eigenvalue weighted by Gasteiger charge is -2.19. The van der Waals surface area contributed by atoms with Gasteiger partial charge in [0.1, 0.15) is 12.4 Å². The number of nitrogens with zero attached hydrogens (tertiary/aromatic N) is 2. The van der Waals surface area contributed by atoms with E-state index in [0.717, 1.165) is 39.3 Å². The lowest BCUT2D eigenvalue weighted by Crippen LogP contribution is -2.30. The first-order valence-electron chi connectivity index (χ1n) is 10.8. The Labute approximate surface area is 193 Å². The van der Waals surface area contributed by atoms with Crippen molar-refractivity contribution in [3.63, 3.8) is 0 Å². The topological polar surface area (TPSA) is 88.1 Å². The molecular weight excluding hydrogens is 414 g/mol. The summed E-state index contributed by atoms with van der Waals surface area (Å²) in [6, 6.07) is 18.2. The Hall–Kier alpha value is -3.93. The molecule has 2 heterocycles. The van der Waals surface area contributed by atoms with Gasteiger partial charge in [-0.15, -0.1) is 0 Å². The maximum atomic E-state index is 11.3. The zero-order chi connectivity index (χ0) is 23.6. The fourth-order valence-corrected chi connectivity index (χ4v) is 3.52. The summed E-state index contributed by atoms with van der Waals surface area (Å²) in [6.45, 7) is 7.38. The van der Waals surface area contributed by atoms with E-state index < -0.39 is 11.4 Å². The Morgan fingerprint density at radius 2 is 1.64 bits per heavy atom. The summed E-state index contributed by atoms with van der Waals surface area (Å²) >= 11 is 0. The first-order chi connectivity index (χ1) is 15.7. The molecule has 33 heavy (non-hydrogen) atoms. The maximum absolute atomic E-state index is 11.3. The molecule has 6 heteroatoms. The van der Waals surface area contributed by atoms with Crippen LogP contribution in [0.2, 0.25) is 0 Å². The molecule has 0 saturated heterocycles. The van der Waals surface area contributed by atoms with Crippen molar-refractivity contribution in [3.8, 4) is 39.7 Å². The second kappa shape index (κ2) is 8.90. The van der Waals surface area contributed by atoms with Crippen LogP contribution >= 0.6 is 0 Å². The van der Waals surface area contributed by atoms with Crippen LogP contribution in [-0.4, -0.2) is 32.6 Å². The lowest BCUT2D eigenvalue weighted by atomic mass is 9.95. The number of aromatic nitrogens is 3. The number of hydrogen-bond donors (Lipinski definition) is 2. The van der Waals surface area contributed by atoms with Gasteiger partial charge in [0.25, 0.3) is 0 Å². The molecule has 2 aromatic heterocycles. The Kier molecular flexibility index (Phi) is 6.01. The van der Waals surface area contributed by atoms with Crippen molar-refractivity contribution in [2.45, 2.75) is 27.7 Å². The molecule has 0 bridgehead atoms. The van der Waals surface area contributed by atoms with Crippen LogP contribution in [0.1, 0.15) is 25.0 Å². The second-order valence-electron chi connectivity index (χ2n) is 8.85. The van der Waals surface area contributed by atoms with Gasteiger partial charge in [-0.3, -0.25) is 4.79 Å². The third-order valence-electron chi connectivity index (χ3n) is 5.73. The predicted octanol–water partition coefficient (Wildman–Crippen LogP) is 5.91. The summed E-state index contributed by atoms with van der Waals surface area (Å²) in [6.07, 6.45) is 3.63. The Bertz CT molecular complexity index is 1290. The summed E-state index contributed by atoms with van der Waals surface area (Å²) in [7, 11) is 0. The molecule has 0 aliphatic rings. The normalized spacial score (nSPS) is 11.4. The summed E-state index contributed by atoms with van der Waals surface area (Å²) in [5.74, 6) is 0.333. The molecule has 0 atom stereocenters. The highest BCUT2D eigenvalue weighted by Gasteiger charge is 2.28. The molecule has 2 N–H and O–H groups in total. The maximum Gasteiger partial charge on any atom is 0.312 e. The molecule has 0 radical (unpaired) electrons. The number of aromatic amines is 1. The molecule has 6 nitrogen and oxygen atoms in total. The van der Waals surface area contributed by atoms with Crippen molar-refractivity contribution in [2.24, 2.45) is 5.41 Å². The molecule has 0 unspecified atom stereocenters. The van der Waals surface area contributed by atoms with E-state index in [9.17, 15) is 9.90 Å². The quantitative estimate of drug-likeness (QED) is 0.372. The Morgan fingerprint density at radius 3 is 2.30 bits per heavy atom. The van der Waals surface area contributed by atoms with Crippen LogP contribution in [0.15, 0.2) is 67.0 Å². The summed E-state index contributed by atoms with van der Waals surface area (Å²) in [5, 5.41) is 9.24. The van der Waals surface area contributed by atoms with Gasteiger partial charge in [0, 0.05) is 29.0 Å². The van der Waals surface area contributed by atoms with E-state index in [2.05, 4.69) is 34.0 Å². The predicted molar refractivity (Wildman–Crippen MR) is 129 cm³/mol. The highest BCUT2D eigenvalue weighted by molar-refractivity contribution is 5.74. The number of ether oxygens (including phenoxy) is 1. The number of pyridine rings is 1. The van der Waals surface area contributed by atoms with Crippen molar-refractivity contribution in [1.82, 2.24) is 15.0 Å². The van der Waals surface area contributed by atoms with Crippen molar-refractivity contribution in [2.75, 3.05) is 6.61 Å². The van der Waals surface area contributed by atoms with Gasteiger partial charge in [0.15, 0.2) is 0 Å². The number of carbonyl (C=O) groups is 1. The molecule has 0 spiro atoms. The molecule has 0 saturated carbocycles. The van der Waals surface area contributed by atoms with Gasteiger partial charge in [0.05, 0.1) is 17.3 Å². The van der Waals surface area contributed by atoms with Crippen LogP contribution in [0.5, 0.6) is 5.88 Å². The van der Waals surface area contributed by atoms with Gasteiger partial charge >= 0.3 is 5.97 Å². The Morgan fingerprint density at radius 1 is 0.939 bits per heavy atom. The van der Waals surface area contributed by atoms with E-state index in [-0.39, 0.29) is 6.61 Å². The summed E-state index contributed by atoms with van der Waals surface area (Å²) in [4.78, 5) is 23.6. The molecule has 168 valence electrons. The van der Waals surface area contributed by atoms with Crippen molar-refractivity contribution >= 4 is 5.97 Å². The van der Waals surface area contributed by atoms with Crippen LogP contribution in [-0.2, 0) is 4.79 Å². The number of nitrogens with one attached hydrogen (secondary N) is 1.